The van der Waals surface area contributed by atoms with Crippen LogP contribution in [0, 0.1) is 17.3 Å². The standard InChI is InChI=1S/C14H24F3NO/c1-10(2)18-8-13(6-11-5-12(11)7-13)3-4-19-9-14(15,16)17/h10-12,18H,3-9H2,1-2H3. The van der Waals surface area contributed by atoms with Crippen LogP contribution in [0.1, 0.15) is 39.5 Å². The number of hydrogen-bond donors (Lipinski definition) is 1. The normalized spacial score (nSPS) is 33.8. The van der Waals surface area contributed by atoms with Crippen LogP contribution >= 0.6 is 0 Å². The average molecular weight is 279 g/mol. The topological polar surface area (TPSA) is 21.3 Å². The fourth-order valence-electron chi connectivity index (χ4n) is 3.34. The number of rotatable bonds is 7. The van der Waals surface area contributed by atoms with Gasteiger partial charge in [0.2, 0.25) is 0 Å². The van der Waals surface area contributed by atoms with Crippen molar-refractivity contribution in [2.45, 2.75) is 51.7 Å². The highest BCUT2D eigenvalue weighted by Gasteiger charge is 2.53. The molecule has 0 bridgehead atoms. The molecule has 1 N–H and O–H groups in total. The van der Waals surface area contributed by atoms with Crippen molar-refractivity contribution in [2.75, 3.05) is 19.8 Å². The van der Waals surface area contributed by atoms with Crippen LogP contribution in [-0.2, 0) is 4.74 Å². The Labute approximate surface area is 113 Å². The second-order valence-corrected chi connectivity index (χ2v) is 6.62. The van der Waals surface area contributed by atoms with Crippen LogP contribution in [0.2, 0.25) is 0 Å². The summed E-state index contributed by atoms with van der Waals surface area (Å²) >= 11 is 0. The first kappa shape index (κ1) is 15.1. The molecule has 2 saturated carbocycles. The van der Waals surface area contributed by atoms with Crippen LogP contribution < -0.4 is 5.32 Å². The largest absolute Gasteiger partial charge is 0.411 e. The Hall–Kier alpha value is -0.290. The Morgan fingerprint density at radius 1 is 1.26 bits per heavy atom. The Morgan fingerprint density at radius 3 is 2.42 bits per heavy atom. The zero-order chi connectivity index (χ0) is 14.1. The molecule has 0 aromatic rings. The van der Waals surface area contributed by atoms with E-state index in [9.17, 15) is 13.2 Å². The predicted octanol–water partition coefficient (Wildman–Crippen LogP) is 3.37. The highest BCUT2D eigenvalue weighted by Crippen LogP contribution is 2.60. The van der Waals surface area contributed by atoms with Gasteiger partial charge in [-0.25, -0.2) is 0 Å². The van der Waals surface area contributed by atoms with Crippen LogP contribution in [0.15, 0.2) is 0 Å². The van der Waals surface area contributed by atoms with Gasteiger partial charge >= 0.3 is 6.18 Å². The van der Waals surface area contributed by atoms with E-state index < -0.39 is 12.8 Å². The van der Waals surface area contributed by atoms with Crippen LogP contribution in [0.3, 0.4) is 0 Å². The van der Waals surface area contributed by atoms with Gasteiger partial charge in [0.15, 0.2) is 0 Å². The lowest BCUT2D eigenvalue weighted by molar-refractivity contribution is -0.175. The molecule has 2 aliphatic rings. The summed E-state index contributed by atoms with van der Waals surface area (Å²) in [5.41, 5.74) is 0.170. The quantitative estimate of drug-likeness (QED) is 0.721. The summed E-state index contributed by atoms with van der Waals surface area (Å²) in [4.78, 5) is 0. The minimum absolute atomic E-state index is 0.170. The summed E-state index contributed by atoms with van der Waals surface area (Å²) in [5.74, 6) is 1.66. The summed E-state index contributed by atoms with van der Waals surface area (Å²) < 4.78 is 40.9. The first-order chi connectivity index (χ1) is 8.80. The predicted molar refractivity (Wildman–Crippen MR) is 67.9 cm³/mol. The monoisotopic (exact) mass is 279 g/mol. The van der Waals surface area contributed by atoms with Gasteiger partial charge < -0.3 is 10.1 Å². The van der Waals surface area contributed by atoms with Gasteiger partial charge in [0, 0.05) is 19.2 Å². The van der Waals surface area contributed by atoms with E-state index in [-0.39, 0.29) is 12.0 Å². The van der Waals surface area contributed by atoms with Crippen LogP contribution in [-0.4, -0.2) is 32.0 Å². The Balaban J connectivity index is 1.75. The van der Waals surface area contributed by atoms with Crippen LogP contribution in [0.4, 0.5) is 13.2 Å². The highest BCUT2D eigenvalue weighted by atomic mass is 19.4. The van der Waals surface area contributed by atoms with Gasteiger partial charge in [-0.1, -0.05) is 13.8 Å². The van der Waals surface area contributed by atoms with Gasteiger partial charge in [0.05, 0.1) is 0 Å². The lowest BCUT2D eigenvalue weighted by Crippen LogP contribution is -2.38. The third-order valence-corrected chi connectivity index (χ3v) is 4.39. The summed E-state index contributed by atoms with van der Waals surface area (Å²) in [7, 11) is 0. The molecule has 0 aromatic carbocycles. The first-order valence-electron chi connectivity index (χ1n) is 7.18. The lowest BCUT2D eigenvalue weighted by Gasteiger charge is -2.32. The van der Waals surface area contributed by atoms with E-state index in [0.717, 1.165) is 37.6 Å². The maximum absolute atomic E-state index is 12.0. The van der Waals surface area contributed by atoms with Crippen molar-refractivity contribution in [1.29, 1.82) is 0 Å². The Bertz CT molecular complexity index is 294. The summed E-state index contributed by atoms with van der Waals surface area (Å²) in [6, 6.07) is 0.421. The van der Waals surface area contributed by atoms with E-state index in [1.54, 1.807) is 0 Å². The first-order valence-corrected chi connectivity index (χ1v) is 7.18. The van der Waals surface area contributed by atoms with Gasteiger partial charge in [-0.3, -0.25) is 0 Å². The van der Waals surface area contributed by atoms with Crippen molar-refractivity contribution in [1.82, 2.24) is 5.32 Å². The zero-order valence-corrected chi connectivity index (χ0v) is 11.7. The molecule has 0 amide bonds. The number of fused-ring (bicyclic) bond motifs is 1. The molecule has 2 unspecified atom stereocenters. The summed E-state index contributed by atoms with van der Waals surface area (Å²) in [5, 5.41) is 3.45. The molecule has 0 aliphatic heterocycles. The molecular formula is C14H24F3NO. The Morgan fingerprint density at radius 2 is 1.89 bits per heavy atom. The van der Waals surface area contributed by atoms with E-state index in [1.807, 2.05) is 0 Å². The number of nitrogens with one attached hydrogen (secondary N) is 1. The summed E-state index contributed by atoms with van der Waals surface area (Å²) in [6.45, 7) is 4.21. The molecule has 2 nitrogen and oxygen atoms in total. The molecule has 2 rings (SSSR count). The van der Waals surface area contributed by atoms with Crippen molar-refractivity contribution in [3.63, 3.8) is 0 Å². The molecule has 5 heteroatoms. The molecule has 19 heavy (non-hydrogen) atoms. The van der Waals surface area contributed by atoms with E-state index in [1.165, 1.54) is 6.42 Å². The van der Waals surface area contributed by atoms with Crippen molar-refractivity contribution >= 4 is 0 Å². The van der Waals surface area contributed by atoms with Gasteiger partial charge in [0.25, 0.3) is 0 Å². The second kappa shape index (κ2) is 5.60. The minimum Gasteiger partial charge on any atom is -0.372 e. The molecular weight excluding hydrogens is 255 g/mol. The van der Waals surface area contributed by atoms with Gasteiger partial charge in [-0.05, 0) is 42.9 Å². The summed E-state index contributed by atoms with van der Waals surface area (Å²) in [6.07, 6.45) is 0.184. The molecule has 0 heterocycles. The third-order valence-electron chi connectivity index (χ3n) is 4.39. The Kier molecular flexibility index (Phi) is 4.45. The van der Waals surface area contributed by atoms with E-state index >= 15 is 0 Å². The number of hydrogen-bond acceptors (Lipinski definition) is 2. The minimum atomic E-state index is -4.21. The van der Waals surface area contributed by atoms with Gasteiger partial charge in [-0.2, -0.15) is 13.2 Å². The van der Waals surface area contributed by atoms with E-state index in [0.29, 0.717) is 6.04 Å². The molecule has 0 saturated heterocycles. The third kappa shape index (κ3) is 4.63. The number of halogens is 3. The molecule has 0 radical (unpaired) electrons. The number of ether oxygens (including phenoxy) is 1. The zero-order valence-electron chi connectivity index (χ0n) is 11.7. The molecule has 2 aliphatic carbocycles. The smallest absolute Gasteiger partial charge is 0.372 e. The molecule has 0 aromatic heterocycles. The van der Waals surface area contributed by atoms with Crippen molar-refractivity contribution in [2.24, 2.45) is 17.3 Å². The number of alkyl halides is 3. The van der Waals surface area contributed by atoms with Crippen LogP contribution in [0.25, 0.3) is 0 Å². The van der Waals surface area contributed by atoms with Gasteiger partial charge in [-0.15, -0.1) is 0 Å². The van der Waals surface area contributed by atoms with Crippen LogP contribution in [0.5, 0.6) is 0 Å². The maximum Gasteiger partial charge on any atom is 0.411 e. The van der Waals surface area contributed by atoms with Crippen molar-refractivity contribution in [3.05, 3.63) is 0 Å². The fraction of sp³-hybridized carbons (Fsp3) is 1.00. The molecule has 2 fully saturated rings. The molecule has 112 valence electrons. The highest BCUT2D eigenvalue weighted by molar-refractivity contribution is 5.04. The molecule has 0 spiro atoms. The second-order valence-electron chi connectivity index (χ2n) is 6.62. The van der Waals surface area contributed by atoms with Crippen molar-refractivity contribution < 1.29 is 17.9 Å². The maximum atomic E-state index is 12.0. The van der Waals surface area contributed by atoms with E-state index in [4.69, 9.17) is 4.74 Å². The fourth-order valence-corrected chi connectivity index (χ4v) is 3.34. The van der Waals surface area contributed by atoms with Gasteiger partial charge in [0.1, 0.15) is 6.61 Å². The van der Waals surface area contributed by atoms with Crippen molar-refractivity contribution in [3.8, 4) is 0 Å². The average Bonchev–Trinajstić information content (AvgIpc) is 2.90. The lowest BCUT2D eigenvalue weighted by atomic mass is 9.79. The van der Waals surface area contributed by atoms with E-state index in [2.05, 4.69) is 19.2 Å². The SMILES string of the molecule is CC(C)NCC1(CCOCC(F)(F)F)CC2CC2C1. The molecule has 2 atom stereocenters.